The van der Waals surface area contributed by atoms with Crippen LogP contribution < -0.4 is 0 Å². The van der Waals surface area contributed by atoms with Crippen LogP contribution in [0, 0.1) is 12.7 Å². The van der Waals surface area contributed by atoms with Crippen molar-refractivity contribution in [1.82, 2.24) is 4.90 Å². The van der Waals surface area contributed by atoms with Crippen molar-refractivity contribution >= 4 is 5.91 Å². The zero-order chi connectivity index (χ0) is 21.1. The number of hydrogen-bond donors (Lipinski definition) is 1. The summed E-state index contributed by atoms with van der Waals surface area (Å²) in [4.78, 5) is 14.7. The van der Waals surface area contributed by atoms with Crippen molar-refractivity contribution in [3.63, 3.8) is 0 Å². The minimum atomic E-state index is -0.555. The van der Waals surface area contributed by atoms with Crippen LogP contribution in [0.2, 0.25) is 0 Å². The van der Waals surface area contributed by atoms with Gasteiger partial charge in [-0.1, -0.05) is 54.1 Å². The van der Waals surface area contributed by atoms with E-state index in [1.807, 2.05) is 55.5 Å². The Morgan fingerprint density at radius 1 is 1.10 bits per heavy atom. The standard InChI is InChI=1S/C25H24FNO3/c1-17-5-4-6-18(13-17)15-30-16-24(29)27-12-11-19-7-2-3-8-21(19)25(27)22-14-20(26)9-10-23(22)28/h2-10,13-14,25,28H,11-12,15-16H2,1H3. The van der Waals surface area contributed by atoms with Gasteiger partial charge in [-0.25, -0.2) is 4.39 Å². The first-order valence-electron chi connectivity index (χ1n) is 10.0. The van der Waals surface area contributed by atoms with Crippen LogP contribution in [-0.4, -0.2) is 29.1 Å². The molecular formula is C25H24FNO3. The number of phenolic OH excluding ortho intramolecular Hbond substituents is 1. The van der Waals surface area contributed by atoms with Crippen LogP contribution in [0.15, 0.2) is 66.7 Å². The second-order valence-corrected chi connectivity index (χ2v) is 7.62. The van der Waals surface area contributed by atoms with E-state index < -0.39 is 11.9 Å². The van der Waals surface area contributed by atoms with Crippen molar-refractivity contribution in [2.24, 2.45) is 0 Å². The molecule has 1 amide bonds. The molecule has 1 unspecified atom stereocenters. The first-order valence-corrected chi connectivity index (χ1v) is 10.0. The number of nitrogens with zero attached hydrogens (tertiary/aromatic N) is 1. The molecule has 1 aliphatic heterocycles. The zero-order valence-electron chi connectivity index (χ0n) is 16.8. The number of carbonyl (C=O) groups excluding carboxylic acids is 1. The lowest BCUT2D eigenvalue weighted by atomic mass is 9.87. The molecule has 4 nitrogen and oxygen atoms in total. The smallest absolute Gasteiger partial charge is 0.249 e. The van der Waals surface area contributed by atoms with Gasteiger partial charge in [0, 0.05) is 12.1 Å². The predicted molar refractivity (Wildman–Crippen MR) is 113 cm³/mol. The molecule has 1 heterocycles. The van der Waals surface area contributed by atoms with Gasteiger partial charge in [-0.3, -0.25) is 4.79 Å². The van der Waals surface area contributed by atoms with Crippen molar-refractivity contribution in [3.05, 3.63) is 100 Å². The van der Waals surface area contributed by atoms with Crippen LogP contribution in [0.25, 0.3) is 0 Å². The van der Waals surface area contributed by atoms with Crippen LogP contribution in [0.5, 0.6) is 5.75 Å². The number of halogens is 1. The maximum absolute atomic E-state index is 14.0. The lowest BCUT2D eigenvalue weighted by molar-refractivity contribution is -0.138. The fourth-order valence-electron chi connectivity index (χ4n) is 4.06. The van der Waals surface area contributed by atoms with Crippen molar-refractivity contribution in [3.8, 4) is 5.75 Å². The summed E-state index contributed by atoms with van der Waals surface area (Å²) in [5.41, 5.74) is 4.52. The van der Waals surface area contributed by atoms with Gasteiger partial charge < -0.3 is 14.7 Å². The Kier molecular flexibility index (Phi) is 5.81. The summed E-state index contributed by atoms with van der Waals surface area (Å²) in [6.07, 6.45) is 0.701. The molecule has 1 atom stereocenters. The number of phenols is 1. The molecule has 0 fully saturated rings. The lowest BCUT2D eigenvalue weighted by Crippen LogP contribution is -2.42. The van der Waals surface area contributed by atoms with Crippen LogP contribution in [0.1, 0.15) is 33.9 Å². The monoisotopic (exact) mass is 405 g/mol. The van der Waals surface area contributed by atoms with Crippen LogP contribution in [0.4, 0.5) is 4.39 Å². The van der Waals surface area contributed by atoms with Gasteiger partial charge in [0.2, 0.25) is 5.91 Å². The largest absolute Gasteiger partial charge is 0.508 e. The summed E-state index contributed by atoms with van der Waals surface area (Å²) >= 11 is 0. The second kappa shape index (κ2) is 8.67. The summed E-state index contributed by atoms with van der Waals surface area (Å²) in [6.45, 7) is 2.75. The summed E-state index contributed by atoms with van der Waals surface area (Å²) < 4.78 is 19.7. The maximum atomic E-state index is 14.0. The van der Waals surface area contributed by atoms with E-state index >= 15 is 0 Å². The first-order chi connectivity index (χ1) is 14.5. The van der Waals surface area contributed by atoms with Gasteiger partial charge >= 0.3 is 0 Å². The molecule has 0 radical (unpaired) electrons. The Labute approximate surface area is 175 Å². The number of aromatic hydroxyl groups is 1. The number of ether oxygens (including phenoxy) is 1. The maximum Gasteiger partial charge on any atom is 0.249 e. The fraction of sp³-hybridized carbons (Fsp3) is 0.240. The minimum absolute atomic E-state index is 0.0309. The van der Waals surface area contributed by atoms with E-state index in [4.69, 9.17) is 4.74 Å². The molecule has 1 aliphatic rings. The highest BCUT2D eigenvalue weighted by atomic mass is 19.1. The fourth-order valence-corrected chi connectivity index (χ4v) is 4.06. The van der Waals surface area contributed by atoms with E-state index in [9.17, 15) is 14.3 Å². The number of carbonyl (C=O) groups is 1. The number of benzene rings is 3. The third-order valence-electron chi connectivity index (χ3n) is 5.46. The summed E-state index contributed by atoms with van der Waals surface area (Å²) in [5.74, 6) is -0.670. The third kappa shape index (κ3) is 4.21. The third-order valence-corrected chi connectivity index (χ3v) is 5.46. The Morgan fingerprint density at radius 2 is 1.93 bits per heavy atom. The first kappa shape index (κ1) is 20.1. The average molecular weight is 405 g/mol. The summed E-state index contributed by atoms with van der Waals surface area (Å²) in [7, 11) is 0. The second-order valence-electron chi connectivity index (χ2n) is 7.62. The van der Waals surface area contributed by atoms with E-state index in [1.54, 1.807) is 4.90 Å². The molecule has 154 valence electrons. The highest BCUT2D eigenvalue weighted by Crippen LogP contribution is 2.39. The quantitative estimate of drug-likeness (QED) is 0.679. The Morgan fingerprint density at radius 3 is 2.77 bits per heavy atom. The van der Waals surface area contributed by atoms with Crippen LogP contribution in [-0.2, 0) is 22.6 Å². The van der Waals surface area contributed by atoms with Crippen molar-refractivity contribution < 1.29 is 19.0 Å². The minimum Gasteiger partial charge on any atom is -0.508 e. The lowest BCUT2D eigenvalue weighted by Gasteiger charge is -2.38. The van der Waals surface area contributed by atoms with E-state index in [2.05, 4.69) is 0 Å². The molecule has 0 saturated carbocycles. The van der Waals surface area contributed by atoms with E-state index in [-0.39, 0.29) is 18.3 Å². The number of aryl methyl sites for hydroxylation is 1. The highest BCUT2D eigenvalue weighted by Gasteiger charge is 2.33. The van der Waals surface area contributed by atoms with Gasteiger partial charge in [-0.05, 0) is 48.2 Å². The molecule has 0 saturated heterocycles. The molecule has 1 N–H and O–H groups in total. The normalized spacial score (nSPS) is 15.7. The Hall–Kier alpha value is -3.18. The van der Waals surface area contributed by atoms with E-state index in [0.717, 1.165) is 22.3 Å². The summed E-state index contributed by atoms with van der Waals surface area (Å²) in [5, 5.41) is 10.4. The van der Waals surface area contributed by atoms with Crippen molar-refractivity contribution in [1.29, 1.82) is 0 Å². The van der Waals surface area contributed by atoms with Gasteiger partial charge in [-0.2, -0.15) is 0 Å². The van der Waals surface area contributed by atoms with Gasteiger partial charge in [0.15, 0.2) is 0 Å². The van der Waals surface area contributed by atoms with Crippen molar-refractivity contribution in [2.75, 3.05) is 13.2 Å². The van der Waals surface area contributed by atoms with E-state index in [0.29, 0.717) is 25.1 Å². The molecule has 0 aliphatic carbocycles. The molecule has 0 bridgehead atoms. The molecule has 3 aromatic carbocycles. The molecule has 30 heavy (non-hydrogen) atoms. The van der Waals surface area contributed by atoms with Crippen LogP contribution in [0.3, 0.4) is 0 Å². The highest BCUT2D eigenvalue weighted by molar-refractivity contribution is 5.79. The van der Waals surface area contributed by atoms with E-state index in [1.165, 1.54) is 18.2 Å². The van der Waals surface area contributed by atoms with Crippen molar-refractivity contribution in [2.45, 2.75) is 26.0 Å². The van der Waals surface area contributed by atoms with Gasteiger partial charge in [-0.15, -0.1) is 0 Å². The number of fused-ring (bicyclic) bond motifs is 1. The zero-order valence-corrected chi connectivity index (χ0v) is 16.8. The summed E-state index contributed by atoms with van der Waals surface area (Å²) in [6, 6.07) is 19.0. The number of amides is 1. The topological polar surface area (TPSA) is 49.8 Å². The molecule has 0 aromatic heterocycles. The van der Waals surface area contributed by atoms with Gasteiger partial charge in [0.1, 0.15) is 18.2 Å². The molecule has 4 rings (SSSR count). The predicted octanol–water partition coefficient (Wildman–Crippen LogP) is 4.53. The molecular weight excluding hydrogens is 381 g/mol. The Balaban J connectivity index is 1.57. The number of rotatable bonds is 5. The van der Waals surface area contributed by atoms with Crippen LogP contribution >= 0.6 is 0 Å². The average Bonchev–Trinajstić information content (AvgIpc) is 2.74. The molecule has 5 heteroatoms. The SMILES string of the molecule is Cc1cccc(COCC(=O)N2CCc3ccccc3C2c2cc(F)ccc2O)c1. The molecule has 0 spiro atoms. The van der Waals surface area contributed by atoms with Gasteiger partial charge in [0.25, 0.3) is 0 Å². The van der Waals surface area contributed by atoms with Gasteiger partial charge in [0.05, 0.1) is 12.6 Å². The number of hydrogen-bond acceptors (Lipinski definition) is 3. The molecule has 3 aromatic rings. The Bertz CT molecular complexity index is 1070.